The van der Waals surface area contributed by atoms with Gasteiger partial charge in [-0.05, 0) is 25.0 Å². The van der Waals surface area contributed by atoms with E-state index in [9.17, 15) is 0 Å². The van der Waals surface area contributed by atoms with E-state index in [4.69, 9.17) is 5.73 Å². The number of nitrogens with zero attached hydrogens (tertiary/aromatic N) is 1. The smallest absolute Gasteiger partial charge is 0.0708 e. The van der Waals surface area contributed by atoms with Crippen LogP contribution in [0.25, 0.3) is 10.9 Å². The average Bonchev–Trinajstić information content (AvgIpc) is 2.81. The summed E-state index contributed by atoms with van der Waals surface area (Å²) in [4.78, 5) is 4.68. The molecule has 2 nitrogen and oxygen atoms in total. The maximum atomic E-state index is 6.07. The summed E-state index contributed by atoms with van der Waals surface area (Å²) in [6.07, 6.45) is 6.70. The van der Waals surface area contributed by atoms with Gasteiger partial charge in [0.2, 0.25) is 0 Å². The number of aromatic nitrogens is 1. The quantitative estimate of drug-likeness (QED) is 0.734. The Morgan fingerprint density at radius 3 is 2.94 bits per heavy atom. The fourth-order valence-electron chi connectivity index (χ4n) is 2.30. The van der Waals surface area contributed by atoms with Gasteiger partial charge in [0.25, 0.3) is 0 Å². The summed E-state index contributed by atoms with van der Waals surface area (Å²) in [6.45, 7) is 0. The lowest BCUT2D eigenvalue weighted by Crippen LogP contribution is -2.02. The topological polar surface area (TPSA) is 38.9 Å². The van der Waals surface area contributed by atoms with Crippen LogP contribution in [0.1, 0.15) is 24.5 Å². The molecule has 0 bridgehead atoms. The van der Waals surface area contributed by atoms with Crippen LogP contribution in [-0.2, 0) is 0 Å². The number of nitrogens with two attached hydrogens (primary N) is 1. The Balaban J connectivity index is 2.17. The molecule has 1 aromatic carbocycles. The largest absolute Gasteiger partial charge is 0.397 e. The first-order valence-corrected chi connectivity index (χ1v) is 5.66. The lowest BCUT2D eigenvalue weighted by molar-refractivity contribution is 0.780. The van der Waals surface area contributed by atoms with Gasteiger partial charge >= 0.3 is 0 Å². The van der Waals surface area contributed by atoms with Gasteiger partial charge in [0.05, 0.1) is 16.9 Å². The Hall–Kier alpha value is -1.83. The standard InChI is InChI=1S/C14H14N2/c15-12-9-11-7-3-4-8-13(11)16-14(12)10-5-1-2-6-10/h1,3-5,7-10H,2,6,15H2. The highest BCUT2D eigenvalue weighted by molar-refractivity contribution is 5.82. The Morgan fingerprint density at radius 1 is 1.25 bits per heavy atom. The number of hydrogen-bond donors (Lipinski definition) is 1. The highest BCUT2D eigenvalue weighted by atomic mass is 14.8. The molecule has 3 rings (SSSR count). The van der Waals surface area contributed by atoms with Gasteiger partial charge in [-0.3, -0.25) is 4.98 Å². The molecule has 2 aromatic rings. The van der Waals surface area contributed by atoms with E-state index in [1.54, 1.807) is 0 Å². The van der Waals surface area contributed by atoms with E-state index in [-0.39, 0.29) is 0 Å². The summed E-state index contributed by atoms with van der Waals surface area (Å²) in [5, 5.41) is 1.12. The summed E-state index contributed by atoms with van der Waals surface area (Å²) in [5.41, 5.74) is 8.95. The minimum absolute atomic E-state index is 0.407. The number of benzene rings is 1. The Morgan fingerprint density at radius 2 is 2.12 bits per heavy atom. The van der Waals surface area contributed by atoms with Gasteiger partial charge in [0, 0.05) is 11.3 Å². The highest BCUT2D eigenvalue weighted by Gasteiger charge is 2.16. The lowest BCUT2D eigenvalue weighted by Gasteiger charge is -2.11. The number of rotatable bonds is 1. The number of para-hydroxylation sites is 1. The van der Waals surface area contributed by atoms with Crippen molar-refractivity contribution in [1.82, 2.24) is 4.98 Å². The van der Waals surface area contributed by atoms with Gasteiger partial charge in [-0.2, -0.15) is 0 Å². The molecule has 1 aliphatic carbocycles. The van der Waals surface area contributed by atoms with Crippen molar-refractivity contribution in [3.8, 4) is 0 Å². The molecule has 0 amide bonds. The minimum Gasteiger partial charge on any atom is -0.397 e. The van der Waals surface area contributed by atoms with E-state index in [2.05, 4.69) is 17.1 Å². The van der Waals surface area contributed by atoms with Crippen LogP contribution in [0.3, 0.4) is 0 Å². The maximum absolute atomic E-state index is 6.07. The molecule has 2 heteroatoms. The molecule has 1 unspecified atom stereocenters. The molecular formula is C14H14N2. The van der Waals surface area contributed by atoms with Crippen LogP contribution >= 0.6 is 0 Å². The molecule has 80 valence electrons. The Bertz CT molecular complexity index is 558. The van der Waals surface area contributed by atoms with Gasteiger partial charge in [0.15, 0.2) is 0 Å². The van der Waals surface area contributed by atoms with Crippen LogP contribution in [0.5, 0.6) is 0 Å². The summed E-state index contributed by atoms with van der Waals surface area (Å²) in [5.74, 6) is 0.407. The summed E-state index contributed by atoms with van der Waals surface area (Å²) in [6, 6.07) is 10.1. The number of allylic oxidation sites excluding steroid dienone is 2. The molecule has 0 radical (unpaired) electrons. The summed E-state index contributed by atoms with van der Waals surface area (Å²) >= 11 is 0. The lowest BCUT2D eigenvalue weighted by atomic mass is 10.0. The van der Waals surface area contributed by atoms with Crippen molar-refractivity contribution in [3.05, 3.63) is 48.2 Å². The number of pyridine rings is 1. The normalized spacial score (nSPS) is 19.4. The van der Waals surface area contributed by atoms with Crippen LogP contribution in [0.4, 0.5) is 5.69 Å². The predicted molar refractivity (Wildman–Crippen MR) is 67.3 cm³/mol. The second-order valence-corrected chi connectivity index (χ2v) is 4.27. The van der Waals surface area contributed by atoms with Gasteiger partial charge in [0.1, 0.15) is 0 Å². The van der Waals surface area contributed by atoms with E-state index < -0.39 is 0 Å². The summed E-state index contributed by atoms with van der Waals surface area (Å²) < 4.78 is 0. The van der Waals surface area contributed by atoms with Crippen LogP contribution in [0, 0.1) is 0 Å². The van der Waals surface area contributed by atoms with Crippen molar-refractivity contribution in [1.29, 1.82) is 0 Å². The first-order valence-electron chi connectivity index (χ1n) is 5.66. The van der Waals surface area contributed by atoms with E-state index in [0.717, 1.165) is 35.1 Å². The molecule has 1 aliphatic rings. The molecule has 0 spiro atoms. The van der Waals surface area contributed by atoms with E-state index >= 15 is 0 Å². The van der Waals surface area contributed by atoms with Crippen molar-refractivity contribution in [2.75, 3.05) is 5.73 Å². The third-order valence-electron chi connectivity index (χ3n) is 3.15. The molecule has 1 atom stereocenters. The van der Waals surface area contributed by atoms with E-state index in [0.29, 0.717) is 5.92 Å². The summed E-state index contributed by atoms with van der Waals surface area (Å²) in [7, 11) is 0. The first kappa shape index (κ1) is 9.40. The van der Waals surface area contributed by atoms with Gasteiger partial charge in [-0.15, -0.1) is 0 Å². The monoisotopic (exact) mass is 210 g/mol. The molecule has 1 aromatic heterocycles. The van der Waals surface area contributed by atoms with E-state index in [1.165, 1.54) is 0 Å². The average molecular weight is 210 g/mol. The van der Waals surface area contributed by atoms with Crippen LogP contribution < -0.4 is 5.73 Å². The van der Waals surface area contributed by atoms with Crippen molar-refractivity contribution < 1.29 is 0 Å². The second kappa shape index (κ2) is 3.63. The second-order valence-electron chi connectivity index (χ2n) is 4.27. The molecule has 0 aliphatic heterocycles. The first-order chi connectivity index (χ1) is 7.84. The SMILES string of the molecule is Nc1cc2ccccc2nc1C1C=CCC1. The zero-order valence-electron chi connectivity index (χ0n) is 9.06. The third kappa shape index (κ3) is 1.47. The minimum atomic E-state index is 0.407. The number of hydrogen-bond acceptors (Lipinski definition) is 2. The predicted octanol–water partition coefficient (Wildman–Crippen LogP) is 3.25. The van der Waals surface area contributed by atoms with E-state index in [1.807, 2.05) is 30.3 Å². The number of anilines is 1. The van der Waals surface area contributed by atoms with Crippen LogP contribution in [0.2, 0.25) is 0 Å². The van der Waals surface area contributed by atoms with Crippen molar-refractivity contribution >= 4 is 16.6 Å². The van der Waals surface area contributed by atoms with Gasteiger partial charge in [-0.25, -0.2) is 0 Å². The van der Waals surface area contributed by atoms with Gasteiger partial charge in [-0.1, -0.05) is 30.4 Å². The fourth-order valence-corrected chi connectivity index (χ4v) is 2.30. The number of fused-ring (bicyclic) bond motifs is 1. The number of nitrogen functional groups attached to an aromatic ring is 1. The van der Waals surface area contributed by atoms with Crippen molar-refractivity contribution in [2.24, 2.45) is 0 Å². The van der Waals surface area contributed by atoms with Crippen molar-refractivity contribution in [3.63, 3.8) is 0 Å². The fraction of sp³-hybridized carbons (Fsp3) is 0.214. The van der Waals surface area contributed by atoms with Crippen molar-refractivity contribution in [2.45, 2.75) is 18.8 Å². The Labute approximate surface area is 94.8 Å². The highest BCUT2D eigenvalue weighted by Crippen LogP contribution is 2.32. The molecule has 2 N–H and O–H groups in total. The molecule has 0 saturated carbocycles. The third-order valence-corrected chi connectivity index (χ3v) is 3.15. The zero-order chi connectivity index (χ0) is 11.0. The van der Waals surface area contributed by atoms with Crippen LogP contribution in [-0.4, -0.2) is 4.98 Å². The zero-order valence-corrected chi connectivity index (χ0v) is 9.06. The molecule has 1 heterocycles. The molecular weight excluding hydrogens is 196 g/mol. The van der Waals surface area contributed by atoms with Gasteiger partial charge < -0.3 is 5.73 Å². The molecule has 16 heavy (non-hydrogen) atoms. The Kier molecular flexibility index (Phi) is 2.13. The molecule has 0 fully saturated rings. The van der Waals surface area contributed by atoms with Crippen LogP contribution in [0.15, 0.2) is 42.5 Å². The maximum Gasteiger partial charge on any atom is 0.0708 e. The molecule has 0 saturated heterocycles.